The van der Waals surface area contributed by atoms with Gasteiger partial charge in [-0.3, -0.25) is 4.79 Å². The van der Waals surface area contributed by atoms with E-state index >= 15 is 0 Å². The zero-order valence-corrected chi connectivity index (χ0v) is 11.4. The van der Waals surface area contributed by atoms with Crippen LogP contribution in [0, 0.1) is 13.8 Å². The number of aromatic nitrogens is 1. The normalized spacial score (nSPS) is 13.7. The number of rotatable bonds is 4. The molecular formula is C11H20ClN3O2. The summed E-state index contributed by atoms with van der Waals surface area (Å²) in [5.74, 6) is 0.584. The van der Waals surface area contributed by atoms with E-state index in [2.05, 4.69) is 10.5 Å². The Bertz CT molecular complexity index is 357. The second-order valence-electron chi connectivity index (χ2n) is 4.00. The molecule has 1 aromatic heterocycles. The van der Waals surface area contributed by atoms with Crippen LogP contribution >= 0.6 is 12.4 Å². The van der Waals surface area contributed by atoms with Crippen molar-refractivity contribution in [2.75, 3.05) is 0 Å². The van der Waals surface area contributed by atoms with E-state index in [-0.39, 0.29) is 24.4 Å². The Morgan fingerprint density at radius 3 is 2.47 bits per heavy atom. The number of nitrogens with one attached hydrogen (secondary N) is 1. The molecule has 2 unspecified atom stereocenters. The molecule has 98 valence electrons. The van der Waals surface area contributed by atoms with Crippen LogP contribution in [0.5, 0.6) is 0 Å². The monoisotopic (exact) mass is 261 g/mol. The van der Waals surface area contributed by atoms with E-state index in [0.717, 1.165) is 23.4 Å². The quantitative estimate of drug-likeness (QED) is 0.863. The van der Waals surface area contributed by atoms with E-state index in [9.17, 15) is 4.79 Å². The minimum atomic E-state index is -0.505. The number of nitrogens with zero attached hydrogens (tertiary/aromatic N) is 1. The molecule has 3 N–H and O–H groups in total. The van der Waals surface area contributed by atoms with E-state index in [1.54, 1.807) is 6.92 Å². The van der Waals surface area contributed by atoms with Crippen molar-refractivity contribution in [2.24, 2.45) is 5.73 Å². The first-order valence-electron chi connectivity index (χ1n) is 5.46. The SMILES string of the molecule is CCC(NC(=O)C(C)N)c1c(C)noc1C.Cl. The number of nitrogens with two attached hydrogens (primary N) is 1. The van der Waals surface area contributed by atoms with E-state index < -0.39 is 6.04 Å². The maximum absolute atomic E-state index is 11.5. The Balaban J connectivity index is 0.00000256. The number of aryl methyl sites for hydroxylation is 2. The largest absolute Gasteiger partial charge is 0.361 e. The Kier molecular flexibility index (Phi) is 6.20. The minimum absolute atomic E-state index is 0. The fraction of sp³-hybridized carbons (Fsp3) is 0.636. The molecule has 1 rings (SSSR count). The molecule has 0 bridgehead atoms. The van der Waals surface area contributed by atoms with Gasteiger partial charge in [-0.25, -0.2) is 0 Å². The molecule has 0 aromatic carbocycles. The lowest BCUT2D eigenvalue weighted by Crippen LogP contribution is -2.40. The molecule has 0 fully saturated rings. The van der Waals surface area contributed by atoms with Gasteiger partial charge in [0.2, 0.25) is 5.91 Å². The van der Waals surface area contributed by atoms with E-state index in [1.165, 1.54) is 0 Å². The molecule has 1 heterocycles. The lowest BCUT2D eigenvalue weighted by molar-refractivity contribution is -0.122. The summed E-state index contributed by atoms with van der Waals surface area (Å²) in [5.41, 5.74) is 7.29. The molecule has 6 heteroatoms. The molecule has 0 radical (unpaired) electrons. The Labute approximate surface area is 108 Å². The number of hydrogen-bond donors (Lipinski definition) is 2. The second kappa shape index (κ2) is 6.61. The van der Waals surface area contributed by atoms with Crippen LogP contribution in [-0.4, -0.2) is 17.1 Å². The predicted octanol–water partition coefficient (Wildman–Crippen LogP) is 1.63. The fourth-order valence-electron chi connectivity index (χ4n) is 1.67. The average Bonchev–Trinajstić information content (AvgIpc) is 2.55. The van der Waals surface area contributed by atoms with Crippen molar-refractivity contribution in [2.45, 2.75) is 46.2 Å². The standard InChI is InChI=1S/C11H19N3O2.ClH/c1-5-9(13-11(15)6(2)12)10-7(3)14-16-8(10)4;/h6,9H,5,12H2,1-4H3,(H,13,15);1H. The lowest BCUT2D eigenvalue weighted by Gasteiger charge is -2.18. The Hall–Kier alpha value is -1.07. The minimum Gasteiger partial charge on any atom is -0.361 e. The van der Waals surface area contributed by atoms with Crippen LogP contribution in [0.15, 0.2) is 4.52 Å². The highest BCUT2D eigenvalue weighted by molar-refractivity contribution is 5.85. The highest BCUT2D eigenvalue weighted by Gasteiger charge is 2.21. The van der Waals surface area contributed by atoms with Crippen LogP contribution in [0.1, 0.15) is 43.3 Å². The molecule has 5 nitrogen and oxygen atoms in total. The molecule has 0 saturated heterocycles. The first kappa shape index (κ1) is 15.9. The van der Waals surface area contributed by atoms with Crippen molar-refractivity contribution < 1.29 is 9.32 Å². The first-order valence-corrected chi connectivity index (χ1v) is 5.46. The van der Waals surface area contributed by atoms with Crippen molar-refractivity contribution in [3.63, 3.8) is 0 Å². The van der Waals surface area contributed by atoms with Gasteiger partial charge in [-0.1, -0.05) is 12.1 Å². The summed E-state index contributed by atoms with van der Waals surface area (Å²) in [7, 11) is 0. The van der Waals surface area contributed by atoms with E-state index in [4.69, 9.17) is 10.3 Å². The molecule has 0 saturated carbocycles. The molecule has 0 aliphatic carbocycles. The molecular weight excluding hydrogens is 242 g/mol. The summed E-state index contributed by atoms with van der Waals surface area (Å²) in [4.78, 5) is 11.5. The third kappa shape index (κ3) is 3.71. The predicted molar refractivity (Wildman–Crippen MR) is 68.0 cm³/mol. The number of hydrogen-bond acceptors (Lipinski definition) is 4. The van der Waals surface area contributed by atoms with E-state index in [0.29, 0.717) is 0 Å². The highest BCUT2D eigenvalue weighted by Crippen LogP contribution is 2.23. The van der Waals surface area contributed by atoms with Gasteiger partial charge in [0.05, 0.1) is 17.8 Å². The molecule has 17 heavy (non-hydrogen) atoms. The van der Waals surface area contributed by atoms with Crippen LogP contribution in [0.25, 0.3) is 0 Å². The van der Waals surface area contributed by atoms with Gasteiger partial charge in [0, 0.05) is 5.56 Å². The Morgan fingerprint density at radius 1 is 1.53 bits per heavy atom. The summed E-state index contributed by atoms with van der Waals surface area (Å²) >= 11 is 0. The van der Waals surface area contributed by atoms with Crippen molar-refractivity contribution in [1.82, 2.24) is 10.5 Å². The zero-order valence-electron chi connectivity index (χ0n) is 10.6. The third-order valence-electron chi connectivity index (χ3n) is 2.58. The van der Waals surface area contributed by atoms with Crippen molar-refractivity contribution in [1.29, 1.82) is 0 Å². The van der Waals surface area contributed by atoms with Crippen molar-refractivity contribution in [3.8, 4) is 0 Å². The summed E-state index contributed by atoms with van der Waals surface area (Å²) in [6.07, 6.45) is 0.779. The maximum atomic E-state index is 11.5. The van der Waals surface area contributed by atoms with E-state index in [1.807, 2.05) is 20.8 Å². The summed E-state index contributed by atoms with van der Waals surface area (Å²) < 4.78 is 5.09. The van der Waals surface area contributed by atoms with Gasteiger partial charge in [0.25, 0.3) is 0 Å². The van der Waals surface area contributed by atoms with Gasteiger partial charge >= 0.3 is 0 Å². The third-order valence-corrected chi connectivity index (χ3v) is 2.58. The molecule has 2 atom stereocenters. The van der Waals surface area contributed by atoms with Crippen molar-refractivity contribution >= 4 is 18.3 Å². The molecule has 0 aliphatic rings. The zero-order chi connectivity index (χ0) is 12.3. The Morgan fingerprint density at radius 2 is 2.12 bits per heavy atom. The summed E-state index contributed by atoms with van der Waals surface area (Å²) in [6.45, 7) is 7.37. The fourth-order valence-corrected chi connectivity index (χ4v) is 1.67. The topological polar surface area (TPSA) is 81.2 Å². The number of carbonyl (C=O) groups excluding carboxylic acids is 1. The van der Waals surface area contributed by atoms with Gasteiger partial charge in [-0.15, -0.1) is 12.4 Å². The maximum Gasteiger partial charge on any atom is 0.237 e. The number of carbonyl (C=O) groups is 1. The summed E-state index contributed by atoms with van der Waals surface area (Å²) in [5, 5.41) is 6.77. The smallest absolute Gasteiger partial charge is 0.237 e. The number of halogens is 1. The molecule has 1 amide bonds. The lowest BCUT2D eigenvalue weighted by atomic mass is 10.0. The van der Waals surface area contributed by atoms with Gasteiger partial charge in [-0.2, -0.15) is 0 Å². The van der Waals surface area contributed by atoms with Gasteiger partial charge in [-0.05, 0) is 27.2 Å². The van der Waals surface area contributed by atoms with Crippen molar-refractivity contribution in [3.05, 3.63) is 17.0 Å². The molecule has 1 aromatic rings. The molecule has 0 spiro atoms. The first-order chi connectivity index (χ1) is 7.47. The van der Waals surface area contributed by atoms with Crippen LogP contribution in [-0.2, 0) is 4.79 Å². The van der Waals surface area contributed by atoms with Gasteiger partial charge in [0.15, 0.2) is 0 Å². The van der Waals surface area contributed by atoms with Crippen LogP contribution in [0.3, 0.4) is 0 Å². The van der Waals surface area contributed by atoms with Crippen LogP contribution in [0.2, 0.25) is 0 Å². The van der Waals surface area contributed by atoms with Gasteiger partial charge in [0.1, 0.15) is 5.76 Å². The number of amides is 1. The van der Waals surface area contributed by atoms with Crippen LogP contribution < -0.4 is 11.1 Å². The second-order valence-corrected chi connectivity index (χ2v) is 4.00. The van der Waals surface area contributed by atoms with Gasteiger partial charge < -0.3 is 15.6 Å². The molecule has 0 aliphatic heterocycles. The summed E-state index contributed by atoms with van der Waals surface area (Å²) in [6, 6.07) is -0.584. The average molecular weight is 262 g/mol. The highest BCUT2D eigenvalue weighted by atomic mass is 35.5. The van der Waals surface area contributed by atoms with Crippen LogP contribution in [0.4, 0.5) is 0 Å².